The fourth-order valence-electron chi connectivity index (χ4n) is 2.99. The van der Waals surface area contributed by atoms with Crippen LogP contribution >= 0.6 is 11.6 Å². The number of nitro groups is 1. The smallest absolute Gasteiger partial charge is 0.423 e. The fourth-order valence-corrected chi connectivity index (χ4v) is 3.12. The van der Waals surface area contributed by atoms with E-state index in [1.807, 2.05) is 0 Å². The Kier molecular flexibility index (Phi) is 6.33. The highest BCUT2D eigenvalue weighted by molar-refractivity contribution is 6.30. The molecule has 0 spiro atoms. The van der Waals surface area contributed by atoms with Gasteiger partial charge < -0.3 is 14.8 Å². The van der Waals surface area contributed by atoms with Gasteiger partial charge in [-0.3, -0.25) is 10.1 Å². The SMILES string of the molecule is O=[N+]([O-])c1ccc(N[C@H](C[C@@H](O)c2ccc(Cl)cc2)c2ccco2)cc1C(F)(F)F. The molecule has 1 aromatic heterocycles. The normalized spacial score (nSPS) is 13.6. The monoisotopic (exact) mass is 440 g/mol. The number of rotatable bonds is 7. The van der Waals surface area contributed by atoms with Crippen molar-refractivity contribution < 1.29 is 27.6 Å². The van der Waals surface area contributed by atoms with Crippen LogP contribution in [0.4, 0.5) is 24.5 Å². The molecule has 3 aromatic rings. The van der Waals surface area contributed by atoms with Crippen molar-refractivity contribution in [2.45, 2.75) is 24.7 Å². The predicted octanol–water partition coefficient (Wildman–Crippen LogP) is 6.14. The molecule has 30 heavy (non-hydrogen) atoms. The standard InChI is InChI=1S/C20H16ClF3N2O4/c21-13-5-3-12(4-6-13)18(27)11-16(19-2-1-9-30-19)25-14-7-8-17(26(28)29)15(10-14)20(22,23)24/h1-10,16,18,25,27H,11H2/t16-,18-/m1/s1. The van der Waals surface area contributed by atoms with Crippen LogP contribution in [-0.2, 0) is 6.18 Å². The summed E-state index contributed by atoms with van der Waals surface area (Å²) in [5.41, 5.74) is -1.84. The summed E-state index contributed by atoms with van der Waals surface area (Å²) in [6, 6.07) is 11.7. The van der Waals surface area contributed by atoms with Gasteiger partial charge in [0.05, 0.1) is 23.3 Å². The molecule has 10 heteroatoms. The Hall–Kier alpha value is -3.04. The van der Waals surface area contributed by atoms with Gasteiger partial charge in [-0.05, 0) is 42.0 Å². The predicted molar refractivity (Wildman–Crippen MR) is 104 cm³/mol. The number of nitrogens with zero attached hydrogens (tertiary/aromatic N) is 1. The summed E-state index contributed by atoms with van der Waals surface area (Å²) in [6.45, 7) is 0. The minimum Gasteiger partial charge on any atom is -0.467 e. The molecule has 0 bridgehead atoms. The van der Waals surface area contributed by atoms with Crippen LogP contribution in [0.5, 0.6) is 0 Å². The van der Waals surface area contributed by atoms with Gasteiger partial charge in [0.25, 0.3) is 5.69 Å². The van der Waals surface area contributed by atoms with Crippen molar-refractivity contribution in [1.82, 2.24) is 0 Å². The van der Waals surface area contributed by atoms with E-state index in [9.17, 15) is 28.4 Å². The molecular formula is C20H16ClF3N2O4. The number of nitro benzene ring substituents is 1. The van der Waals surface area contributed by atoms with E-state index >= 15 is 0 Å². The van der Waals surface area contributed by atoms with Gasteiger partial charge in [-0.2, -0.15) is 13.2 Å². The van der Waals surface area contributed by atoms with Crippen LogP contribution < -0.4 is 5.32 Å². The molecule has 2 N–H and O–H groups in total. The first-order chi connectivity index (χ1) is 14.1. The number of hydrogen-bond acceptors (Lipinski definition) is 5. The third kappa shape index (κ3) is 5.11. The molecule has 2 atom stereocenters. The maximum absolute atomic E-state index is 13.3. The molecule has 0 aliphatic heterocycles. The first-order valence-corrected chi connectivity index (χ1v) is 9.12. The van der Waals surface area contributed by atoms with Crippen molar-refractivity contribution in [2.75, 3.05) is 5.32 Å². The van der Waals surface area contributed by atoms with E-state index in [0.717, 1.165) is 6.07 Å². The Bertz CT molecular complexity index is 1010. The molecule has 3 rings (SSSR count). The molecular weight excluding hydrogens is 425 g/mol. The summed E-state index contributed by atoms with van der Waals surface area (Å²) in [7, 11) is 0. The van der Waals surface area contributed by atoms with E-state index in [-0.39, 0.29) is 12.1 Å². The van der Waals surface area contributed by atoms with Crippen molar-refractivity contribution in [3.63, 3.8) is 0 Å². The molecule has 6 nitrogen and oxygen atoms in total. The highest BCUT2D eigenvalue weighted by Gasteiger charge is 2.38. The van der Waals surface area contributed by atoms with Crippen LogP contribution in [0.15, 0.2) is 65.3 Å². The van der Waals surface area contributed by atoms with Crippen LogP contribution in [0.2, 0.25) is 5.02 Å². The van der Waals surface area contributed by atoms with E-state index < -0.39 is 34.5 Å². The van der Waals surface area contributed by atoms with E-state index in [0.29, 0.717) is 22.4 Å². The maximum Gasteiger partial charge on any atom is 0.423 e. The van der Waals surface area contributed by atoms with Gasteiger partial charge in [-0.15, -0.1) is 0 Å². The molecule has 0 amide bonds. The van der Waals surface area contributed by atoms with Crippen LogP contribution in [0.25, 0.3) is 0 Å². The van der Waals surface area contributed by atoms with Crippen molar-refractivity contribution in [3.8, 4) is 0 Å². The molecule has 0 aliphatic rings. The van der Waals surface area contributed by atoms with E-state index in [4.69, 9.17) is 16.0 Å². The topological polar surface area (TPSA) is 88.5 Å². The lowest BCUT2D eigenvalue weighted by Crippen LogP contribution is -2.15. The third-order valence-corrected chi connectivity index (χ3v) is 4.69. The summed E-state index contributed by atoms with van der Waals surface area (Å²) in [4.78, 5) is 9.86. The molecule has 0 unspecified atom stereocenters. The Morgan fingerprint density at radius 3 is 2.43 bits per heavy atom. The van der Waals surface area contributed by atoms with Crippen molar-refractivity contribution in [3.05, 3.63) is 92.9 Å². The van der Waals surface area contributed by atoms with E-state index in [1.165, 1.54) is 12.3 Å². The number of alkyl halides is 3. The molecule has 2 aromatic carbocycles. The second kappa shape index (κ2) is 8.76. The average Bonchev–Trinajstić information content (AvgIpc) is 3.22. The minimum absolute atomic E-state index is 0.00219. The molecule has 0 aliphatic carbocycles. The Balaban J connectivity index is 1.89. The van der Waals surface area contributed by atoms with Gasteiger partial charge in [-0.25, -0.2) is 0 Å². The van der Waals surface area contributed by atoms with Crippen LogP contribution in [-0.4, -0.2) is 10.0 Å². The van der Waals surface area contributed by atoms with Crippen molar-refractivity contribution in [2.24, 2.45) is 0 Å². The Labute approximate surface area is 174 Å². The Morgan fingerprint density at radius 2 is 1.87 bits per heavy atom. The van der Waals surface area contributed by atoms with Gasteiger partial charge >= 0.3 is 6.18 Å². The zero-order chi connectivity index (χ0) is 21.9. The van der Waals surface area contributed by atoms with E-state index in [2.05, 4.69) is 5.32 Å². The molecule has 0 saturated heterocycles. The van der Waals surface area contributed by atoms with E-state index in [1.54, 1.807) is 36.4 Å². The van der Waals surface area contributed by atoms with Crippen LogP contribution in [0, 0.1) is 10.1 Å². The van der Waals surface area contributed by atoms with Gasteiger partial charge in [0.1, 0.15) is 11.3 Å². The third-order valence-electron chi connectivity index (χ3n) is 4.44. The highest BCUT2D eigenvalue weighted by atomic mass is 35.5. The molecule has 0 radical (unpaired) electrons. The Morgan fingerprint density at radius 1 is 1.17 bits per heavy atom. The lowest BCUT2D eigenvalue weighted by molar-refractivity contribution is -0.388. The first kappa shape index (κ1) is 21.7. The first-order valence-electron chi connectivity index (χ1n) is 8.74. The summed E-state index contributed by atoms with van der Waals surface area (Å²) < 4.78 is 45.1. The molecule has 1 heterocycles. The average molecular weight is 441 g/mol. The molecule has 0 fully saturated rings. The largest absolute Gasteiger partial charge is 0.467 e. The number of benzene rings is 2. The lowest BCUT2D eigenvalue weighted by atomic mass is 10.00. The van der Waals surface area contributed by atoms with Crippen molar-refractivity contribution >= 4 is 23.0 Å². The van der Waals surface area contributed by atoms with Crippen molar-refractivity contribution in [1.29, 1.82) is 0 Å². The van der Waals surface area contributed by atoms with Gasteiger partial charge in [0, 0.05) is 23.2 Å². The quantitative estimate of drug-likeness (QED) is 0.340. The summed E-state index contributed by atoms with van der Waals surface area (Å²) >= 11 is 5.85. The van der Waals surface area contributed by atoms with Crippen LogP contribution in [0.1, 0.15) is 35.5 Å². The van der Waals surface area contributed by atoms with Crippen LogP contribution in [0.3, 0.4) is 0 Å². The number of aliphatic hydroxyl groups is 1. The number of aliphatic hydroxyl groups excluding tert-OH is 1. The number of anilines is 1. The second-order valence-electron chi connectivity index (χ2n) is 6.50. The summed E-state index contributed by atoms with van der Waals surface area (Å²) in [6.07, 6.45) is -4.41. The number of halogens is 4. The van der Waals surface area contributed by atoms with Gasteiger partial charge in [0.15, 0.2) is 0 Å². The highest BCUT2D eigenvalue weighted by Crippen LogP contribution is 2.39. The molecule has 158 valence electrons. The lowest BCUT2D eigenvalue weighted by Gasteiger charge is -2.22. The van der Waals surface area contributed by atoms with Gasteiger partial charge in [-0.1, -0.05) is 23.7 Å². The number of furan rings is 1. The number of nitrogens with one attached hydrogen (secondary N) is 1. The minimum atomic E-state index is -4.90. The zero-order valence-corrected chi connectivity index (χ0v) is 16.0. The zero-order valence-electron chi connectivity index (χ0n) is 15.3. The van der Waals surface area contributed by atoms with Gasteiger partial charge in [0.2, 0.25) is 0 Å². The second-order valence-corrected chi connectivity index (χ2v) is 6.94. The summed E-state index contributed by atoms with van der Waals surface area (Å²) in [5.74, 6) is 0.384. The molecule has 0 saturated carbocycles. The maximum atomic E-state index is 13.3. The fraction of sp³-hybridized carbons (Fsp3) is 0.200. The number of hydrogen-bond donors (Lipinski definition) is 2. The summed E-state index contributed by atoms with van der Waals surface area (Å²) in [5, 5.41) is 24.9.